The molecule has 1 fully saturated rings. The summed E-state index contributed by atoms with van der Waals surface area (Å²) in [6, 6.07) is 6.04. The van der Waals surface area contributed by atoms with Gasteiger partial charge in [0.05, 0.1) is 5.75 Å². The van der Waals surface area contributed by atoms with Crippen LogP contribution in [0.3, 0.4) is 0 Å². The molecule has 5 heteroatoms. The molecule has 0 saturated carbocycles. The quantitative estimate of drug-likeness (QED) is 0.848. The summed E-state index contributed by atoms with van der Waals surface area (Å²) in [5, 5.41) is 0. The van der Waals surface area contributed by atoms with Gasteiger partial charge in [-0.1, -0.05) is 23.8 Å². The van der Waals surface area contributed by atoms with E-state index in [0.29, 0.717) is 0 Å². The summed E-state index contributed by atoms with van der Waals surface area (Å²) in [6.45, 7) is 7.86. The molecule has 23 heavy (non-hydrogen) atoms. The van der Waals surface area contributed by atoms with E-state index in [0.717, 1.165) is 36.0 Å². The van der Waals surface area contributed by atoms with Crippen molar-refractivity contribution in [3.63, 3.8) is 0 Å². The predicted octanol–water partition coefficient (Wildman–Crippen LogP) is 3.01. The summed E-state index contributed by atoms with van der Waals surface area (Å²) in [5.74, 6) is -0.715. The number of likely N-dealkylation sites (tertiary alicyclic amines) is 1. The molecule has 1 aromatic carbocycles. The zero-order valence-corrected chi connectivity index (χ0v) is 15.3. The number of benzene rings is 1. The highest BCUT2D eigenvalue weighted by molar-refractivity contribution is 7.91. The molecule has 1 aromatic rings. The lowest BCUT2D eigenvalue weighted by molar-refractivity contribution is -0.134. The summed E-state index contributed by atoms with van der Waals surface area (Å²) in [5.41, 5.74) is 2.77. The summed E-state index contributed by atoms with van der Waals surface area (Å²) in [7, 11) is -3.46. The molecule has 0 radical (unpaired) electrons. The molecule has 0 bridgehead atoms. The third-order valence-corrected chi connectivity index (χ3v) is 6.14. The molecule has 0 spiro atoms. The van der Waals surface area contributed by atoms with E-state index in [1.807, 2.05) is 45.9 Å². The largest absolute Gasteiger partial charge is 0.336 e. The van der Waals surface area contributed by atoms with Gasteiger partial charge in [-0.3, -0.25) is 4.79 Å². The van der Waals surface area contributed by atoms with E-state index in [9.17, 15) is 13.2 Å². The van der Waals surface area contributed by atoms with Crippen LogP contribution in [0.2, 0.25) is 0 Å². The molecule has 1 amide bonds. The number of hydrogen-bond acceptors (Lipinski definition) is 3. The smallest absolute Gasteiger partial charge is 0.238 e. The van der Waals surface area contributed by atoms with Gasteiger partial charge in [0.2, 0.25) is 5.91 Å². The van der Waals surface area contributed by atoms with Crippen molar-refractivity contribution in [1.29, 1.82) is 0 Å². The lowest BCUT2D eigenvalue weighted by Gasteiger charge is -2.39. The third-order valence-electron chi connectivity index (χ3n) is 4.70. The van der Waals surface area contributed by atoms with Gasteiger partial charge in [0, 0.05) is 12.1 Å². The Morgan fingerprint density at radius 2 is 1.78 bits per heavy atom. The maximum absolute atomic E-state index is 12.5. The molecule has 4 nitrogen and oxygen atoms in total. The fraction of sp³-hybridized carbons (Fsp3) is 0.611. The number of nitrogens with zero attached hydrogens (tertiary/aromatic N) is 1. The topological polar surface area (TPSA) is 54.5 Å². The van der Waals surface area contributed by atoms with E-state index in [4.69, 9.17) is 0 Å². The van der Waals surface area contributed by atoms with E-state index in [1.54, 1.807) is 4.90 Å². The Labute approximate surface area is 139 Å². The maximum Gasteiger partial charge on any atom is 0.238 e. The van der Waals surface area contributed by atoms with Crippen LogP contribution in [-0.2, 0) is 20.4 Å². The lowest BCUT2D eigenvalue weighted by atomic mass is 9.98. The number of carbonyl (C=O) groups excluding carboxylic acids is 1. The van der Waals surface area contributed by atoms with Crippen molar-refractivity contribution in [2.45, 2.75) is 64.8 Å². The highest BCUT2D eigenvalue weighted by Gasteiger charge is 2.31. The normalized spacial score (nSPS) is 22.2. The highest BCUT2D eigenvalue weighted by atomic mass is 32.2. The van der Waals surface area contributed by atoms with Crippen LogP contribution in [0.5, 0.6) is 0 Å². The number of hydrogen-bond donors (Lipinski definition) is 0. The van der Waals surface area contributed by atoms with Crippen molar-refractivity contribution < 1.29 is 13.2 Å². The number of rotatable bonds is 4. The SMILES string of the molecule is Cc1ccc(C)c(CS(=O)(=O)CC(=O)N2[C@H](C)CCC[C@@H]2C)c1. The molecule has 2 rings (SSSR count). The molecule has 1 saturated heterocycles. The number of aryl methyl sites for hydroxylation is 2. The first-order valence-corrected chi connectivity index (χ1v) is 10.1. The van der Waals surface area contributed by atoms with Gasteiger partial charge in [-0.05, 0) is 58.1 Å². The second-order valence-corrected chi connectivity index (χ2v) is 8.96. The zero-order chi connectivity index (χ0) is 17.2. The fourth-order valence-corrected chi connectivity index (χ4v) is 4.83. The van der Waals surface area contributed by atoms with Gasteiger partial charge >= 0.3 is 0 Å². The van der Waals surface area contributed by atoms with Crippen LogP contribution in [-0.4, -0.2) is 37.1 Å². The molecular weight excluding hydrogens is 310 g/mol. The molecule has 0 aliphatic carbocycles. The molecule has 2 atom stereocenters. The minimum atomic E-state index is -3.46. The Morgan fingerprint density at radius 1 is 1.17 bits per heavy atom. The van der Waals surface area contributed by atoms with E-state index in [-0.39, 0.29) is 23.7 Å². The van der Waals surface area contributed by atoms with Gasteiger partial charge in [-0.2, -0.15) is 0 Å². The fourth-order valence-electron chi connectivity index (χ4n) is 3.42. The molecule has 128 valence electrons. The van der Waals surface area contributed by atoms with E-state index in [1.165, 1.54) is 0 Å². The Morgan fingerprint density at radius 3 is 2.39 bits per heavy atom. The molecule has 0 aromatic heterocycles. The van der Waals surface area contributed by atoms with Gasteiger partial charge < -0.3 is 4.90 Å². The van der Waals surface area contributed by atoms with Crippen LogP contribution in [0.1, 0.15) is 49.8 Å². The summed E-state index contributed by atoms with van der Waals surface area (Å²) in [6.07, 6.45) is 3.00. The number of amides is 1. The summed E-state index contributed by atoms with van der Waals surface area (Å²) >= 11 is 0. The Hall–Kier alpha value is -1.36. The maximum atomic E-state index is 12.5. The van der Waals surface area contributed by atoms with Crippen LogP contribution in [0.25, 0.3) is 0 Å². The zero-order valence-electron chi connectivity index (χ0n) is 14.5. The minimum Gasteiger partial charge on any atom is -0.336 e. The molecule has 1 aliphatic heterocycles. The molecule has 0 N–H and O–H groups in total. The number of piperidine rings is 1. The van der Waals surface area contributed by atoms with Gasteiger partial charge in [-0.15, -0.1) is 0 Å². The molecule has 0 unspecified atom stereocenters. The second kappa shape index (κ2) is 7.04. The average Bonchev–Trinajstić information content (AvgIpc) is 2.41. The lowest BCUT2D eigenvalue weighted by Crippen LogP contribution is -2.49. The first kappa shape index (κ1) is 18.0. The third kappa shape index (κ3) is 4.56. The first-order chi connectivity index (χ1) is 10.7. The van der Waals surface area contributed by atoms with E-state index >= 15 is 0 Å². The van der Waals surface area contributed by atoms with Gasteiger partial charge in [0.15, 0.2) is 9.84 Å². The first-order valence-electron chi connectivity index (χ1n) is 8.27. The summed E-state index contributed by atoms with van der Waals surface area (Å²) < 4.78 is 25.0. The van der Waals surface area contributed by atoms with Crippen LogP contribution in [0.4, 0.5) is 0 Å². The van der Waals surface area contributed by atoms with Crippen molar-refractivity contribution >= 4 is 15.7 Å². The molecule has 1 aliphatic rings. The average molecular weight is 337 g/mol. The van der Waals surface area contributed by atoms with Gasteiger partial charge in [-0.25, -0.2) is 8.42 Å². The minimum absolute atomic E-state index is 0.0666. The van der Waals surface area contributed by atoms with Gasteiger partial charge in [0.1, 0.15) is 5.75 Å². The summed E-state index contributed by atoms with van der Waals surface area (Å²) in [4.78, 5) is 14.3. The van der Waals surface area contributed by atoms with Gasteiger partial charge in [0.25, 0.3) is 0 Å². The Kier molecular flexibility index (Phi) is 5.50. The number of carbonyl (C=O) groups is 1. The monoisotopic (exact) mass is 337 g/mol. The van der Waals surface area contributed by atoms with E-state index in [2.05, 4.69) is 0 Å². The predicted molar refractivity (Wildman–Crippen MR) is 93.0 cm³/mol. The van der Waals surface area contributed by atoms with Crippen LogP contribution in [0, 0.1) is 13.8 Å². The van der Waals surface area contributed by atoms with Crippen molar-refractivity contribution in [3.05, 3.63) is 34.9 Å². The molecule has 1 heterocycles. The standard InChI is InChI=1S/C18H27NO3S/c1-13-8-9-14(2)17(10-13)11-23(21,22)12-18(20)19-15(3)6-5-7-16(19)4/h8-10,15-16H,5-7,11-12H2,1-4H3/t15-,16+. The van der Waals surface area contributed by atoms with Crippen molar-refractivity contribution in [1.82, 2.24) is 4.90 Å². The number of sulfone groups is 1. The van der Waals surface area contributed by atoms with Crippen molar-refractivity contribution in [3.8, 4) is 0 Å². The van der Waals surface area contributed by atoms with Crippen LogP contribution < -0.4 is 0 Å². The highest BCUT2D eigenvalue weighted by Crippen LogP contribution is 2.23. The second-order valence-electron chi connectivity index (χ2n) is 6.89. The van der Waals surface area contributed by atoms with E-state index < -0.39 is 15.6 Å². The Balaban J connectivity index is 2.11. The Bertz CT molecular complexity index is 672. The van der Waals surface area contributed by atoms with Crippen LogP contribution in [0.15, 0.2) is 18.2 Å². The van der Waals surface area contributed by atoms with Crippen LogP contribution >= 0.6 is 0 Å². The van der Waals surface area contributed by atoms with Crippen molar-refractivity contribution in [2.24, 2.45) is 0 Å². The molecular formula is C18H27NO3S. The van der Waals surface area contributed by atoms with Crippen molar-refractivity contribution in [2.75, 3.05) is 5.75 Å².